The van der Waals surface area contributed by atoms with Gasteiger partial charge < -0.3 is 20.6 Å². The first kappa shape index (κ1) is 23.1. The van der Waals surface area contributed by atoms with Crippen LogP contribution in [0.2, 0.25) is 0 Å². The lowest BCUT2D eigenvalue weighted by atomic mass is 10.1. The molecule has 0 spiro atoms. The number of nitrogens with two attached hydrogens (primary N) is 1. The molecule has 1 atom stereocenters. The summed E-state index contributed by atoms with van der Waals surface area (Å²) in [6.07, 6.45) is 6.25. The highest BCUT2D eigenvalue weighted by atomic mass is 16.3. The lowest BCUT2D eigenvalue weighted by Gasteiger charge is -2.28. The Morgan fingerprint density at radius 3 is 2.81 bits per heavy atom. The number of hydrogen-bond acceptors (Lipinski definition) is 9. The SMILES string of the molecule is CC1CCN(c2cc(-c3ccccc3O)nnc2N)CCN1c1ccnc(C#CCn2cccn2)n1. The highest BCUT2D eigenvalue weighted by Crippen LogP contribution is 2.32. The molecule has 1 unspecified atom stereocenters. The zero-order valence-electron chi connectivity index (χ0n) is 20.0. The fourth-order valence-corrected chi connectivity index (χ4v) is 4.27. The number of anilines is 3. The summed E-state index contributed by atoms with van der Waals surface area (Å²) in [5, 5.41) is 22.8. The van der Waals surface area contributed by atoms with Crippen molar-refractivity contribution >= 4 is 17.3 Å². The number of rotatable bonds is 4. The van der Waals surface area contributed by atoms with E-state index < -0.39 is 0 Å². The molecule has 4 heterocycles. The summed E-state index contributed by atoms with van der Waals surface area (Å²) in [7, 11) is 0. The average Bonchev–Trinajstić information content (AvgIpc) is 3.33. The third kappa shape index (κ3) is 5.05. The first-order chi connectivity index (χ1) is 17.6. The number of phenols is 1. The first-order valence-electron chi connectivity index (χ1n) is 11.8. The number of aromatic hydroxyl groups is 1. The largest absolute Gasteiger partial charge is 0.507 e. The lowest BCUT2D eigenvalue weighted by Crippen LogP contribution is -2.35. The molecule has 0 radical (unpaired) electrons. The summed E-state index contributed by atoms with van der Waals surface area (Å²) >= 11 is 0. The van der Waals surface area contributed by atoms with Crippen LogP contribution in [-0.4, -0.2) is 60.7 Å². The van der Waals surface area contributed by atoms with Crippen LogP contribution in [0.5, 0.6) is 5.75 Å². The standard InChI is InChI=1S/C26H27N9O/c1-19-10-15-33(22-18-21(31-32-26(22)27)20-6-2-3-7-23(20)36)16-17-35(19)25-9-12-28-24(30-25)8-4-13-34-14-5-11-29-34/h2-3,5-7,9,11-12,14,18-19,36H,10,13,15-17H2,1H3,(H2,27,32). The molecule has 5 rings (SSSR count). The molecule has 1 saturated heterocycles. The summed E-state index contributed by atoms with van der Waals surface area (Å²) in [4.78, 5) is 13.5. The van der Waals surface area contributed by atoms with Crippen molar-refractivity contribution in [1.29, 1.82) is 0 Å². The second-order valence-electron chi connectivity index (χ2n) is 8.58. The van der Waals surface area contributed by atoms with Crippen LogP contribution in [0, 0.1) is 11.8 Å². The predicted octanol–water partition coefficient (Wildman–Crippen LogP) is 2.57. The summed E-state index contributed by atoms with van der Waals surface area (Å²) in [5.41, 5.74) is 8.25. The molecule has 0 saturated carbocycles. The van der Waals surface area contributed by atoms with Gasteiger partial charge in [-0.25, -0.2) is 9.97 Å². The molecule has 182 valence electrons. The Morgan fingerprint density at radius 2 is 1.97 bits per heavy atom. The van der Waals surface area contributed by atoms with Crippen LogP contribution >= 0.6 is 0 Å². The summed E-state index contributed by atoms with van der Waals surface area (Å²) in [5.74, 6) is 7.97. The maximum Gasteiger partial charge on any atom is 0.206 e. The number of aromatic nitrogens is 6. The van der Waals surface area contributed by atoms with Crippen LogP contribution in [-0.2, 0) is 6.54 Å². The Bertz CT molecular complexity index is 1390. The fourth-order valence-electron chi connectivity index (χ4n) is 4.27. The van der Waals surface area contributed by atoms with E-state index >= 15 is 0 Å². The minimum Gasteiger partial charge on any atom is -0.507 e. The Hall–Kier alpha value is -4.65. The van der Waals surface area contributed by atoms with E-state index in [4.69, 9.17) is 10.7 Å². The maximum atomic E-state index is 10.3. The molecule has 3 aromatic heterocycles. The van der Waals surface area contributed by atoms with Crippen LogP contribution in [0.4, 0.5) is 17.3 Å². The maximum absolute atomic E-state index is 10.3. The highest BCUT2D eigenvalue weighted by Gasteiger charge is 2.24. The van der Waals surface area contributed by atoms with Crippen molar-refractivity contribution in [3.05, 3.63) is 66.9 Å². The monoisotopic (exact) mass is 481 g/mol. The second-order valence-corrected chi connectivity index (χ2v) is 8.58. The van der Waals surface area contributed by atoms with Gasteiger partial charge in [0.2, 0.25) is 5.82 Å². The molecular formula is C26H27N9O. The van der Waals surface area contributed by atoms with Gasteiger partial charge in [0, 0.05) is 49.8 Å². The van der Waals surface area contributed by atoms with Gasteiger partial charge in [-0.2, -0.15) is 5.10 Å². The van der Waals surface area contributed by atoms with Gasteiger partial charge in [0.25, 0.3) is 0 Å². The van der Waals surface area contributed by atoms with Gasteiger partial charge in [-0.1, -0.05) is 18.1 Å². The summed E-state index contributed by atoms with van der Waals surface area (Å²) < 4.78 is 1.76. The van der Waals surface area contributed by atoms with Gasteiger partial charge in [0.05, 0.1) is 11.4 Å². The van der Waals surface area contributed by atoms with Gasteiger partial charge in [-0.3, -0.25) is 4.68 Å². The molecule has 10 heteroatoms. The third-order valence-electron chi connectivity index (χ3n) is 6.22. The predicted molar refractivity (Wildman–Crippen MR) is 138 cm³/mol. The number of phenolic OH excluding ortho intramolecular Hbond substituents is 1. The Labute approximate surface area is 209 Å². The molecule has 0 amide bonds. The van der Waals surface area contributed by atoms with Gasteiger partial charge >= 0.3 is 0 Å². The first-order valence-corrected chi connectivity index (χ1v) is 11.8. The number of hydrogen-bond donors (Lipinski definition) is 2. The van der Waals surface area contributed by atoms with Crippen molar-refractivity contribution in [2.75, 3.05) is 35.2 Å². The van der Waals surface area contributed by atoms with E-state index in [0.29, 0.717) is 29.4 Å². The highest BCUT2D eigenvalue weighted by molar-refractivity contribution is 5.74. The van der Waals surface area contributed by atoms with E-state index in [0.717, 1.165) is 37.6 Å². The smallest absolute Gasteiger partial charge is 0.206 e. The molecule has 0 bridgehead atoms. The number of nitrogen functional groups attached to an aromatic ring is 1. The minimum atomic E-state index is 0.158. The summed E-state index contributed by atoms with van der Waals surface area (Å²) in [6, 6.07) is 13.0. The van der Waals surface area contributed by atoms with E-state index in [-0.39, 0.29) is 11.8 Å². The van der Waals surface area contributed by atoms with E-state index in [2.05, 4.69) is 48.8 Å². The average molecular weight is 482 g/mol. The van der Waals surface area contributed by atoms with Crippen molar-refractivity contribution in [1.82, 2.24) is 29.9 Å². The van der Waals surface area contributed by atoms with Crippen molar-refractivity contribution in [2.45, 2.75) is 25.9 Å². The molecular weight excluding hydrogens is 454 g/mol. The fraction of sp³-hybridized carbons (Fsp3) is 0.269. The van der Waals surface area contributed by atoms with Crippen LogP contribution in [0.3, 0.4) is 0 Å². The number of para-hydroxylation sites is 1. The van der Waals surface area contributed by atoms with Gasteiger partial charge in [-0.15, -0.1) is 10.2 Å². The van der Waals surface area contributed by atoms with Crippen molar-refractivity contribution in [2.24, 2.45) is 0 Å². The molecule has 4 aromatic rings. The third-order valence-corrected chi connectivity index (χ3v) is 6.22. The zero-order chi connectivity index (χ0) is 24.9. The van der Waals surface area contributed by atoms with Gasteiger partial charge in [0.15, 0.2) is 5.82 Å². The van der Waals surface area contributed by atoms with Gasteiger partial charge in [-0.05, 0) is 49.6 Å². The number of benzene rings is 1. The summed E-state index contributed by atoms with van der Waals surface area (Å²) in [6.45, 7) is 4.95. The Morgan fingerprint density at radius 1 is 1.08 bits per heavy atom. The molecule has 1 aliphatic heterocycles. The normalized spacial score (nSPS) is 15.8. The van der Waals surface area contributed by atoms with E-state index in [1.54, 1.807) is 29.2 Å². The van der Waals surface area contributed by atoms with Crippen molar-refractivity contribution in [3.8, 4) is 28.8 Å². The molecule has 1 aliphatic rings. The molecule has 1 fully saturated rings. The molecule has 10 nitrogen and oxygen atoms in total. The van der Waals surface area contributed by atoms with E-state index in [1.807, 2.05) is 36.5 Å². The van der Waals surface area contributed by atoms with E-state index in [9.17, 15) is 5.11 Å². The van der Waals surface area contributed by atoms with Crippen LogP contribution in [0.1, 0.15) is 19.2 Å². The molecule has 0 aliphatic carbocycles. The molecule has 3 N–H and O–H groups in total. The van der Waals surface area contributed by atoms with Crippen LogP contribution in [0.15, 0.2) is 61.1 Å². The van der Waals surface area contributed by atoms with Crippen molar-refractivity contribution in [3.63, 3.8) is 0 Å². The van der Waals surface area contributed by atoms with Crippen LogP contribution < -0.4 is 15.5 Å². The quantitative estimate of drug-likeness (QED) is 0.424. The topological polar surface area (TPSA) is 122 Å². The minimum absolute atomic E-state index is 0.158. The second kappa shape index (κ2) is 10.3. The zero-order valence-corrected chi connectivity index (χ0v) is 20.0. The lowest BCUT2D eigenvalue weighted by molar-refractivity contribution is 0.477. The van der Waals surface area contributed by atoms with Crippen LogP contribution in [0.25, 0.3) is 11.3 Å². The van der Waals surface area contributed by atoms with E-state index in [1.165, 1.54) is 0 Å². The molecule has 36 heavy (non-hydrogen) atoms. The molecule has 1 aromatic carbocycles. The number of nitrogens with zero attached hydrogens (tertiary/aromatic N) is 8. The Kier molecular flexibility index (Phi) is 6.62. The van der Waals surface area contributed by atoms with Crippen molar-refractivity contribution < 1.29 is 5.11 Å². The Balaban J connectivity index is 1.33. The van der Waals surface area contributed by atoms with Gasteiger partial charge in [0.1, 0.15) is 18.1 Å².